The van der Waals surface area contributed by atoms with Gasteiger partial charge in [0, 0.05) is 6.54 Å². The predicted octanol–water partition coefficient (Wildman–Crippen LogP) is 5.50. The van der Waals surface area contributed by atoms with Crippen LogP contribution in [0, 0.1) is 17.8 Å². The van der Waals surface area contributed by atoms with Crippen LogP contribution in [0.3, 0.4) is 0 Å². The number of halogens is 1. The van der Waals surface area contributed by atoms with Crippen molar-refractivity contribution < 1.29 is 29.0 Å². The number of anilines is 1. The predicted molar refractivity (Wildman–Crippen MR) is 169 cm³/mol. The van der Waals surface area contributed by atoms with Crippen molar-refractivity contribution in [1.29, 1.82) is 0 Å². The molecular weight excluding hydrogens is 580 g/mol. The molecule has 3 saturated heterocycles. The van der Waals surface area contributed by atoms with Crippen molar-refractivity contribution in [2.75, 3.05) is 24.7 Å². The van der Waals surface area contributed by atoms with Gasteiger partial charge in [0.1, 0.15) is 17.6 Å². The summed E-state index contributed by atoms with van der Waals surface area (Å²) in [5.41, 5.74) is -1.20. The standard InChI is InChI=1S/C35H41ClN2O6/c1-5-7-8-14-20-43-33(42)29-28-31(40)38(27(22-39)24-15-10-9-11-16-24)30(35(28)21-23(3)34(29,4)44-35)32(41)37(19-6-2)26-18-13-12-17-25(26)36/h5-6,9-13,15-18,23,27-30,39H,1-2,7-8,14,19-22H2,3-4H3/t23?,27-,28+,29-,30?,34+,35?/m1/s1. The zero-order chi connectivity index (χ0) is 31.6. The first-order valence-corrected chi connectivity index (χ1v) is 15.7. The lowest BCUT2D eigenvalue weighted by atomic mass is 9.62. The Morgan fingerprint density at radius 2 is 1.86 bits per heavy atom. The van der Waals surface area contributed by atoms with Crippen LogP contribution in [0.25, 0.3) is 0 Å². The van der Waals surface area contributed by atoms with Gasteiger partial charge < -0.3 is 24.4 Å². The molecule has 2 amide bonds. The number of rotatable bonds is 13. The lowest BCUT2D eigenvalue weighted by Gasteiger charge is -2.39. The van der Waals surface area contributed by atoms with Crippen molar-refractivity contribution in [2.45, 2.75) is 62.8 Å². The summed E-state index contributed by atoms with van der Waals surface area (Å²) in [6.45, 7) is 11.3. The highest BCUT2D eigenvalue weighted by molar-refractivity contribution is 6.34. The van der Waals surface area contributed by atoms with Crippen LogP contribution in [0.15, 0.2) is 79.9 Å². The van der Waals surface area contributed by atoms with E-state index in [-0.39, 0.29) is 19.1 Å². The summed E-state index contributed by atoms with van der Waals surface area (Å²) in [5, 5.41) is 11.1. The molecule has 5 rings (SSSR count). The van der Waals surface area contributed by atoms with Gasteiger partial charge >= 0.3 is 5.97 Å². The molecule has 3 aliphatic rings. The summed E-state index contributed by atoms with van der Waals surface area (Å²) < 4.78 is 12.6. The van der Waals surface area contributed by atoms with Crippen molar-refractivity contribution in [3.63, 3.8) is 0 Å². The number of fused-ring (bicyclic) bond motifs is 1. The minimum atomic E-state index is -1.32. The van der Waals surface area contributed by atoms with Crippen LogP contribution in [-0.4, -0.2) is 64.8 Å². The first-order chi connectivity index (χ1) is 21.2. The van der Waals surface area contributed by atoms with Gasteiger partial charge in [-0.25, -0.2) is 0 Å². The van der Waals surface area contributed by atoms with E-state index in [4.69, 9.17) is 21.1 Å². The topological polar surface area (TPSA) is 96.4 Å². The largest absolute Gasteiger partial charge is 0.465 e. The van der Waals surface area contributed by atoms with E-state index in [1.807, 2.05) is 50.3 Å². The second-order valence-corrected chi connectivity index (χ2v) is 12.6. The first-order valence-electron chi connectivity index (χ1n) is 15.3. The Kier molecular flexibility index (Phi) is 9.35. The molecule has 234 valence electrons. The van der Waals surface area contributed by atoms with E-state index in [0.717, 1.165) is 12.8 Å². The second kappa shape index (κ2) is 12.9. The van der Waals surface area contributed by atoms with Crippen LogP contribution in [0.2, 0.25) is 5.02 Å². The average molecular weight is 621 g/mol. The lowest BCUT2D eigenvalue weighted by Crippen LogP contribution is -2.57. The van der Waals surface area contributed by atoms with Gasteiger partial charge in [0.15, 0.2) is 0 Å². The van der Waals surface area contributed by atoms with Crippen LogP contribution in [-0.2, 0) is 23.9 Å². The number of hydrogen-bond donors (Lipinski definition) is 1. The number of hydrogen-bond acceptors (Lipinski definition) is 6. The van der Waals surface area contributed by atoms with E-state index in [2.05, 4.69) is 13.2 Å². The Morgan fingerprint density at radius 1 is 1.16 bits per heavy atom. The molecule has 3 unspecified atom stereocenters. The van der Waals surface area contributed by atoms with Gasteiger partial charge in [-0.1, -0.05) is 73.1 Å². The number of carbonyl (C=O) groups is 3. The molecule has 2 aromatic rings. The minimum Gasteiger partial charge on any atom is -0.465 e. The highest BCUT2D eigenvalue weighted by atomic mass is 35.5. The maximum Gasteiger partial charge on any atom is 0.312 e. The third-order valence-corrected chi connectivity index (χ3v) is 10.0. The Bertz CT molecular complexity index is 1420. The maximum absolute atomic E-state index is 14.9. The number of allylic oxidation sites excluding steroid dienone is 1. The van der Waals surface area contributed by atoms with E-state index in [9.17, 15) is 19.5 Å². The summed E-state index contributed by atoms with van der Waals surface area (Å²) in [7, 11) is 0. The number of aliphatic hydroxyl groups is 1. The van der Waals surface area contributed by atoms with Crippen LogP contribution in [0.1, 0.15) is 51.1 Å². The number of para-hydroxylation sites is 1. The number of unbranched alkanes of at least 4 members (excludes halogenated alkanes) is 2. The van der Waals surface area contributed by atoms with Crippen LogP contribution < -0.4 is 4.90 Å². The molecule has 44 heavy (non-hydrogen) atoms. The van der Waals surface area contributed by atoms with E-state index < -0.39 is 59.5 Å². The van der Waals surface area contributed by atoms with Crippen molar-refractivity contribution >= 4 is 35.1 Å². The molecule has 3 aliphatic heterocycles. The number of amides is 2. The summed E-state index contributed by atoms with van der Waals surface area (Å²) in [6, 6.07) is 14.1. The molecular formula is C35H41ClN2O6. The number of nitrogens with zero attached hydrogens (tertiary/aromatic N) is 2. The Morgan fingerprint density at radius 3 is 2.52 bits per heavy atom. The monoisotopic (exact) mass is 620 g/mol. The van der Waals surface area contributed by atoms with E-state index >= 15 is 0 Å². The smallest absolute Gasteiger partial charge is 0.312 e. The van der Waals surface area contributed by atoms with Gasteiger partial charge in [-0.3, -0.25) is 14.4 Å². The molecule has 1 N–H and O–H groups in total. The number of carbonyl (C=O) groups excluding carboxylic acids is 3. The summed E-state index contributed by atoms with van der Waals surface area (Å²) >= 11 is 6.59. The SMILES string of the molecule is C=CCCCCOC(=O)[C@H]1[C@H]2C(=O)N([C@H](CO)c3ccccc3)C(C(=O)N(CC=C)c3ccccc3Cl)C23CC(C)[C@]1(C)O3. The minimum absolute atomic E-state index is 0.125. The third kappa shape index (κ3) is 5.17. The lowest BCUT2D eigenvalue weighted by molar-refractivity contribution is -0.162. The fraction of sp³-hybridized carbons (Fsp3) is 0.457. The van der Waals surface area contributed by atoms with Gasteiger partial charge in [0.05, 0.1) is 41.5 Å². The van der Waals surface area contributed by atoms with Gasteiger partial charge in [-0.15, -0.1) is 13.2 Å². The average Bonchev–Trinajstić information content (AvgIpc) is 3.53. The number of benzene rings is 2. The van der Waals surface area contributed by atoms with Gasteiger partial charge in [0.25, 0.3) is 5.91 Å². The van der Waals surface area contributed by atoms with E-state index in [1.165, 1.54) is 9.80 Å². The Labute approximate surface area is 264 Å². The third-order valence-electron chi connectivity index (χ3n) is 9.70. The molecule has 2 aromatic carbocycles. The van der Waals surface area contributed by atoms with Crippen LogP contribution in [0.4, 0.5) is 5.69 Å². The zero-order valence-electron chi connectivity index (χ0n) is 25.4. The van der Waals surface area contributed by atoms with Crippen molar-refractivity contribution in [2.24, 2.45) is 17.8 Å². The Hall–Kier alpha value is -3.46. The fourth-order valence-electron chi connectivity index (χ4n) is 7.59. The molecule has 1 spiro atoms. The molecule has 8 nitrogen and oxygen atoms in total. The van der Waals surface area contributed by atoms with Gasteiger partial charge in [0.2, 0.25) is 5.91 Å². The van der Waals surface area contributed by atoms with E-state index in [0.29, 0.717) is 29.1 Å². The molecule has 2 bridgehead atoms. The molecule has 0 aromatic heterocycles. The molecule has 3 heterocycles. The molecule has 7 atom stereocenters. The van der Waals surface area contributed by atoms with Crippen LogP contribution >= 0.6 is 11.6 Å². The molecule has 3 fully saturated rings. The summed E-state index contributed by atoms with van der Waals surface area (Å²) in [6.07, 6.45) is 6.12. The second-order valence-electron chi connectivity index (χ2n) is 12.2. The fourth-order valence-corrected chi connectivity index (χ4v) is 7.82. The molecule has 0 radical (unpaired) electrons. The van der Waals surface area contributed by atoms with Crippen molar-refractivity contribution in [3.05, 3.63) is 90.5 Å². The van der Waals surface area contributed by atoms with Crippen molar-refractivity contribution in [1.82, 2.24) is 4.90 Å². The van der Waals surface area contributed by atoms with E-state index in [1.54, 1.807) is 30.3 Å². The van der Waals surface area contributed by atoms with Gasteiger partial charge in [-0.2, -0.15) is 0 Å². The number of aliphatic hydroxyl groups excluding tert-OH is 1. The number of likely N-dealkylation sites (tertiary alicyclic amines) is 1. The van der Waals surface area contributed by atoms with Crippen molar-refractivity contribution in [3.8, 4) is 0 Å². The molecule has 9 heteroatoms. The first kappa shape index (κ1) is 31.9. The van der Waals surface area contributed by atoms with Gasteiger partial charge in [-0.05, 0) is 56.2 Å². The quantitative estimate of drug-likeness (QED) is 0.180. The summed E-state index contributed by atoms with van der Waals surface area (Å²) in [4.78, 5) is 46.4. The Balaban J connectivity index is 1.62. The zero-order valence-corrected chi connectivity index (χ0v) is 26.1. The highest BCUT2D eigenvalue weighted by Crippen LogP contribution is 2.66. The summed E-state index contributed by atoms with van der Waals surface area (Å²) in [5.74, 6) is -3.36. The number of esters is 1. The number of ether oxygens (including phenoxy) is 2. The maximum atomic E-state index is 14.9. The highest BCUT2D eigenvalue weighted by Gasteiger charge is 2.81. The molecule has 0 saturated carbocycles. The normalized spacial score (nSPS) is 29.3. The van der Waals surface area contributed by atoms with Crippen LogP contribution in [0.5, 0.6) is 0 Å². The molecule has 0 aliphatic carbocycles.